The van der Waals surface area contributed by atoms with Crippen molar-refractivity contribution in [2.24, 2.45) is 5.73 Å². The van der Waals surface area contributed by atoms with Crippen LogP contribution in [0.4, 0.5) is 13.2 Å². The summed E-state index contributed by atoms with van der Waals surface area (Å²) in [4.78, 5) is 12.7. The van der Waals surface area contributed by atoms with Gasteiger partial charge in [-0.05, 0) is 38.0 Å². The minimum atomic E-state index is -4.44. The highest BCUT2D eigenvalue weighted by atomic mass is 35.5. The molecule has 0 saturated heterocycles. The summed E-state index contributed by atoms with van der Waals surface area (Å²) in [5, 5.41) is 7.11. The predicted octanol–water partition coefficient (Wildman–Crippen LogP) is 3.62. The molecule has 3 N–H and O–H groups in total. The second-order valence-corrected chi connectivity index (χ2v) is 6.75. The Morgan fingerprint density at radius 1 is 1.33 bits per heavy atom. The summed E-state index contributed by atoms with van der Waals surface area (Å²) in [6, 6.07) is 4.86. The maximum atomic E-state index is 12.9. The number of nitrogens with zero attached hydrogens (tertiary/aromatic N) is 2. The van der Waals surface area contributed by atoms with E-state index in [0.717, 1.165) is 37.8 Å². The van der Waals surface area contributed by atoms with Gasteiger partial charge in [0.05, 0.1) is 34.2 Å². The van der Waals surface area contributed by atoms with Gasteiger partial charge in [0.25, 0.3) is 5.91 Å². The molecular formula is C18H22ClF3N4O. The fourth-order valence-electron chi connectivity index (χ4n) is 3.45. The molecule has 1 saturated carbocycles. The molecule has 1 amide bonds. The molecule has 0 aliphatic heterocycles. The zero-order valence-corrected chi connectivity index (χ0v) is 15.7. The van der Waals surface area contributed by atoms with Crippen molar-refractivity contribution in [2.75, 3.05) is 6.54 Å². The molecule has 0 bridgehead atoms. The van der Waals surface area contributed by atoms with Gasteiger partial charge in [0.15, 0.2) is 0 Å². The van der Waals surface area contributed by atoms with Gasteiger partial charge in [-0.2, -0.15) is 18.3 Å². The van der Waals surface area contributed by atoms with Crippen LogP contribution in [0.2, 0.25) is 0 Å². The zero-order chi connectivity index (χ0) is 18.9. The van der Waals surface area contributed by atoms with Gasteiger partial charge in [0, 0.05) is 6.54 Å². The van der Waals surface area contributed by atoms with Crippen molar-refractivity contribution in [3.05, 3.63) is 47.3 Å². The van der Waals surface area contributed by atoms with Crippen LogP contribution in [0.1, 0.15) is 47.3 Å². The Labute approximate surface area is 161 Å². The minimum absolute atomic E-state index is 0. The normalized spacial score (nSPS) is 16.0. The van der Waals surface area contributed by atoms with Crippen molar-refractivity contribution >= 4 is 18.3 Å². The highest BCUT2D eigenvalue weighted by molar-refractivity contribution is 5.95. The molecule has 1 aliphatic carbocycles. The van der Waals surface area contributed by atoms with Crippen LogP contribution in [0, 0.1) is 6.92 Å². The molecule has 148 valence electrons. The van der Waals surface area contributed by atoms with E-state index in [2.05, 4.69) is 10.4 Å². The van der Waals surface area contributed by atoms with E-state index in [1.807, 2.05) is 0 Å². The fraction of sp³-hybridized carbons (Fsp3) is 0.444. The Hall–Kier alpha value is -2.06. The van der Waals surface area contributed by atoms with E-state index in [-0.39, 0.29) is 24.0 Å². The third kappa shape index (κ3) is 4.27. The van der Waals surface area contributed by atoms with Gasteiger partial charge in [-0.3, -0.25) is 4.79 Å². The van der Waals surface area contributed by atoms with Crippen LogP contribution in [0.3, 0.4) is 0 Å². The number of carbonyl (C=O) groups is 1. The zero-order valence-electron chi connectivity index (χ0n) is 14.8. The van der Waals surface area contributed by atoms with E-state index >= 15 is 0 Å². The number of halogens is 4. The average molecular weight is 403 g/mol. The van der Waals surface area contributed by atoms with E-state index in [4.69, 9.17) is 5.73 Å². The molecule has 1 aromatic heterocycles. The molecule has 0 atom stereocenters. The van der Waals surface area contributed by atoms with Crippen LogP contribution in [0.15, 0.2) is 30.5 Å². The molecule has 1 aromatic carbocycles. The molecule has 1 aliphatic rings. The molecule has 0 unspecified atom stereocenters. The van der Waals surface area contributed by atoms with E-state index < -0.39 is 17.3 Å². The summed E-state index contributed by atoms with van der Waals surface area (Å²) in [7, 11) is 0. The third-order valence-corrected chi connectivity index (χ3v) is 5.00. The summed E-state index contributed by atoms with van der Waals surface area (Å²) in [5.74, 6) is -0.298. The Balaban J connectivity index is 0.00000261. The number of hydrogen-bond acceptors (Lipinski definition) is 3. The Kier molecular flexibility index (Phi) is 6.21. The van der Waals surface area contributed by atoms with Crippen LogP contribution in [0.5, 0.6) is 0 Å². The number of benzene rings is 1. The van der Waals surface area contributed by atoms with Gasteiger partial charge in [-0.15, -0.1) is 12.4 Å². The Bertz CT molecular complexity index is 813. The quantitative estimate of drug-likeness (QED) is 0.820. The lowest BCUT2D eigenvalue weighted by Crippen LogP contribution is -2.51. The van der Waals surface area contributed by atoms with Crippen molar-refractivity contribution in [3.8, 4) is 5.69 Å². The smallest absolute Gasteiger partial charge is 0.345 e. The summed E-state index contributed by atoms with van der Waals surface area (Å²) in [6.07, 6.45) is 0.628. The number of carbonyl (C=O) groups excluding carboxylic acids is 1. The van der Waals surface area contributed by atoms with Gasteiger partial charge >= 0.3 is 6.18 Å². The summed E-state index contributed by atoms with van der Waals surface area (Å²) >= 11 is 0. The maximum Gasteiger partial charge on any atom is 0.416 e. The largest absolute Gasteiger partial charge is 0.416 e. The molecule has 3 rings (SSSR count). The van der Waals surface area contributed by atoms with Crippen LogP contribution in [-0.2, 0) is 6.18 Å². The number of rotatable bonds is 4. The number of nitrogens with two attached hydrogens (primary N) is 1. The predicted molar refractivity (Wildman–Crippen MR) is 98.3 cm³/mol. The first-order valence-corrected chi connectivity index (χ1v) is 8.51. The van der Waals surface area contributed by atoms with Crippen molar-refractivity contribution in [2.45, 2.75) is 44.3 Å². The van der Waals surface area contributed by atoms with Gasteiger partial charge in [-0.1, -0.05) is 18.9 Å². The number of hydrogen-bond donors (Lipinski definition) is 2. The number of amides is 1. The monoisotopic (exact) mass is 402 g/mol. The number of alkyl halides is 3. The molecule has 5 nitrogen and oxygen atoms in total. The molecule has 2 aromatic rings. The second kappa shape index (κ2) is 7.90. The number of aromatic nitrogens is 2. The highest BCUT2D eigenvalue weighted by Gasteiger charge is 2.35. The second-order valence-electron chi connectivity index (χ2n) is 6.75. The lowest BCUT2D eigenvalue weighted by Gasteiger charge is -2.28. The molecule has 1 fully saturated rings. The van der Waals surface area contributed by atoms with Crippen molar-refractivity contribution < 1.29 is 18.0 Å². The topological polar surface area (TPSA) is 72.9 Å². The molecule has 27 heavy (non-hydrogen) atoms. The molecule has 1 heterocycles. The lowest BCUT2D eigenvalue weighted by molar-refractivity contribution is -0.137. The highest BCUT2D eigenvalue weighted by Crippen LogP contribution is 2.31. The summed E-state index contributed by atoms with van der Waals surface area (Å²) in [6.45, 7) is 2.02. The van der Waals surface area contributed by atoms with E-state index in [1.54, 1.807) is 6.92 Å². The fourth-order valence-corrected chi connectivity index (χ4v) is 3.45. The molecule has 0 spiro atoms. The molecular weight excluding hydrogens is 381 g/mol. The van der Waals surface area contributed by atoms with E-state index in [1.165, 1.54) is 23.0 Å². The van der Waals surface area contributed by atoms with Gasteiger partial charge in [0.1, 0.15) is 0 Å². The third-order valence-electron chi connectivity index (χ3n) is 5.00. The standard InChI is InChI=1S/C18H21F3N4O.ClH/c1-12-15(16(26)24-17(11-22)7-2-3-8-17)10-23-25(12)14-6-4-5-13(9-14)18(19,20)21;/h4-6,9-10H,2-3,7-8,11,22H2,1H3,(H,24,26);1H. The van der Waals surface area contributed by atoms with Gasteiger partial charge in [-0.25, -0.2) is 4.68 Å². The van der Waals surface area contributed by atoms with Crippen molar-refractivity contribution in [3.63, 3.8) is 0 Å². The lowest BCUT2D eigenvalue weighted by atomic mass is 9.97. The first-order valence-electron chi connectivity index (χ1n) is 8.51. The van der Waals surface area contributed by atoms with Crippen LogP contribution in [-0.4, -0.2) is 27.8 Å². The van der Waals surface area contributed by atoms with Crippen molar-refractivity contribution in [1.82, 2.24) is 15.1 Å². The summed E-state index contributed by atoms with van der Waals surface area (Å²) < 4.78 is 40.1. The van der Waals surface area contributed by atoms with Crippen molar-refractivity contribution in [1.29, 1.82) is 0 Å². The first-order chi connectivity index (χ1) is 12.3. The van der Waals surface area contributed by atoms with Gasteiger partial charge < -0.3 is 11.1 Å². The molecule has 0 radical (unpaired) electrons. The average Bonchev–Trinajstić information content (AvgIpc) is 3.21. The number of nitrogens with one attached hydrogen (secondary N) is 1. The van der Waals surface area contributed by atoms with Crippen LogP contribution in [0.25, 0.3) is 5.69 Å². The maximum absolute atomic E-state index is 12.9. The van der Waals surface area contributed by atoms with E-state index in [0.29, 0.717) is 17.8 Å². The SMILES string of the molecule is Cc1c(C(=O)NC2(CN)CCCC2)cnn1-c1cccc(C(F)(F)F)c1.Cl. The van der Waals surface area contributed by atoms with Crippen LogP contribution >= 0.6 is 12.4 Å². The van der Waals surface area contributed by atoms with E-state index in [9.17, 15) is 18.0 Å². The van der Waals surface area contributed by atoms with Crippen LogP contribution < -0.4 is 11.1 Å². The summed E-state index contributed by atoms with van der Waals surface area (Å²) in [5.41, 5.74) is 5.75. The first kappa shape index (κ1) is 21.2. The van der Waals surface area contributed by atoms with Gasteiger partial charge in [0.2, 0.25) is 0 Å². The molecule has 9 heteroatoms. The Morgan fingerprint density at radius 3 is 2.59 bits per heavy atom. The minimum Gasteiger partial charge on any atom is -0.345 e. The Morgan fingerprint density at radius 2 is 2.00 bits per heavy atom.